The van der Waals surface area contributed by atoms with Gasteiger partial charge in [0.05, 0.1) is 19.4 Å². The van der Waals surface area contributed by atoms with Crippen LogP contribution in [0.25, 0.3) is 0 Å². The van der Waals surface area contributed by atoms with E-state index in [2.05, 4.69) is 4.99 Å². The van der Waals surface area contributed by atoms with Crippen LogP contribution in [0.3, 0.4) is 0 Å². The largest absolute Gasteiger partial charge is 0.465 e. The van der Waals surface area contributed by atoms with Crippen LogP contribution in [0, 0.1) is 11.3 Å². The van der Waals surface area contributed by atoms with Gasteiger partial charge in [0.15, 0.2) is 11.4 Å². The maximum atomic E-state index is 12.4. The minimum absolute atomic E-state index is 0.160. The summed E-state index contributed by atoms with van der Waals surface area (Å²) in [4.78, 5) is 20.8. The van der Waals surface area contributed by atoms with Crippen LogP contribution in [-0.2, 0) is 16.1 Å². The van der Waals surface area contributed by atoms with Gasteiger partial charge in [-0.3, -0.25) is 0 Å². The minimum Gasteiger partial charge on any atom is -0.465 e. The number of halogens is 1. The van der Waals surface area contributed by atoms with Crippen molar-refractivity contribution in [2.75, 3.05) is 21.2 Å². The standard InChI is InChI=1S/C23H21ClN4O2/c1-27(2)21-13-20(17-9-11-18(24)12-10-17)26-22(19(14-25)23(29)30-3)28(21)15-16-7-5-4-6-8-16/h4-13H,15H2,1-3H3/b22-19-. The lowest BCUT2D eigenvalue weighted by atomic mass is 10.1. The Morgan fingerprint density at radius 2 is 1.83 bits per heavy atom. The monoisotopic (exact) mass is 420 g/mol. The van der Waals surface area contributed by atoms with E-state index < -0.39 is 5.97 Å². The lowest BCUT2D eigenvalue weighted by Gasteiger charge is -2.35. The highest BCUT2D eigenvalue weighted by atomic mass is 35.5. The molecule has 0 spiro atoms. The second-order valence-electron chi connectivity index (χ2n) is 6.77. The zero-order chi connectivity index (χ0) is 21.7. The Bertz CT molecular complexity index is 1060. The fraction of sp³-hybridized carbons (Fsp3) is 0.174. The van der Waals surface area contributed by atoms with Gasteiger partial charge in [-0.15, -0.1) is 0 Å². The Morgan fingerprint density at radius 3 is 2.40 bits per heavy atom. The van der Waals surface area contributed by atoms with Crippen molar-refractivity contribution in [3.05, 3.63) is 94.0 Å². The third kappa shape index (κ3) is 4.53. The van der Waals surface area contributed by atoms with Gasteiger partial charge in [-0.2, -0.15) is 5.26 Å². The SMILES string of the molecule is COC(=O)/C(C#N)=C1/N=C(c2ccc(Cl)cc2)C=C(N(C)C)N1Cc1ccccc1. The van der Waals surface area contributed by atoms with Crippen LogP contribution >= 0.6 is 11.6 Å². The topological polar surface area (TPSA) is 68.9 Å². The summed E-state index contributed by atoms with van der Waals surface area (Å²) in [6, 6.07) is 19.0. The molecular weight excluding hydrogens is 400 g/mol. The summed E-state index contributed by atoms with van der Waals surface area (Å²) in [6.07, 6.45) is 1.92. The molecule has 0 fully saturated rings. The number of benzene rings is 2. The molecule has 6 nitrogen and oxygen atoms in total. The van der Waals surface area contributed by atoms with Crippen molar-refractivity contribution in [1.82, 2.24) is 9.80 Å². The number of aliphatic imine (C=N–C) groups is 1. The molecule has 1 heterocycles. The van der Waals surface area contributed by atoms with Crippen molar-refractivity contribution in [1.29, 1.82) is 5.26 Å². The molecule has 1 aliphatic rings. The number of carbonyl (C=O) groups excluding carboxylic acids is 1. The third-order valence-corrected chi connectivity index (χ3v) is 4.78. The van der Waals surface area contributed by atoms with E-state index in [-0.39, 0.29) is 11.4 Å². The van der Waals surface area contributed by atoms with Crippen LogP contribution in [0.2, 0.25) is 5.02 Å². The van der Waals surface area contributed by atoms with Gasteiger partial charge >= 0.3 is 5.97 Å². The molecule has 0 radical (unpaired) electrons. The Labute approximate surface area is 181 Å². The van der Waals surface area contributed by atoms with E-state index in [1.54, 1.807) is 12.1 Å². The summed E-state index contributed by atoms with van der Waals surface area (Å²) in [7, 11) is 5.05. The van der Waals surface area contributed by atoms with E-state index in [9.17, 15) is 10.1 Å². The molecule has 2 aromatic rings. The van der Waals surface area contributed by atoms with Gasteiger partial charge in [0.1, 0.15) is 11.9 Å². The van der Waals surface area contributed by atoms with Crippen LogP contribution in [0.4, 0.5) is 0 Å². The molecular formula is C23H21ClN4O2. The number of allylic oxidation sites excluding steroid dienone is 1. The molecule has 2 aromatic carbocycles. The van der Waals surface area contributed by atoms with Crippen molar-refractivity contribution < 1.29 is 9.53 Å². The highest BCUT2D eigenvalue weighted by molar-refractivity contribution is 6.30. The first kappa shape index (κ1) is 21.2. The van der Waals surface area contributed by atoms with Crippen molar-refractivity contribution in [3.63, 3.8) is 0 Å². The molecule has 0 N–H and O–H groups in total. The first-order chi connectivity index (χ1) is 14.4. The van der Waals surface area contributed by atoms with Crippen LogP contribution in [-0.4, -0.2) is 42.7 Å². The Kier molecular flexibility index (Phi) is 6.55. The molecule has 0 saturated carbocycles. The Balaban J connectivity index is 2.20. The third-order valence-electron chi connectivity index (χ3n) is 4.53. The molecule has 3 rings (SSSR count). The summed E-state index contributed by atoms with van der Waals surface area (Å²) in [6.45, 7) is 0.430. The first-order valence-corrected chi connectivity index (χ1v) is 9.60. The van der Waals surface area contributed by atoms with Crippen LogP contribution in [0.1, 0.15) is 11.1 Å². The first-order valence-electron chi connectivity index (χ1n) is 9.22. The number of carbonyl (C=O) groups is 1. The average molecular weight is 421 g/mol. The van der Waals surface area contributed by atoms with Gasteiger partial charge in [0, 0.05) is 30.8 Å². The van der Waals surface area contributed by atoms with Gasteiger partial charge in [-0.25, -0.2) is 9.79 Å². The molecule has 0 aliphatic carbocycles. The van der Waals surface area contributed by atoms with Crippen molar-refractivity contribution >= 4 is 23.3 Å². The highest BCUT2D eigenvalue weighted by Crippen LogP contribution is 2.29. The van der Waals surface area contributed by atoms with Crippen molar-refractivity contribution in [2.45, 2.75) is 6.54 Å². The van der Waals surface area contributed by atoms with Crippen molar-refractivity contribution in [3.8, 4) is 6.07 Å². The summed E-state index contributed by atoms with van der Waals surface area (Å²) < 4.78 is 4.84. The lowest BCUT2D eigenvalue weighted by Crippen LogP contribution is -2.35. The molecule has 0 bridgehead atoms. The predicted molar refractivity (Wildman–Crippen MR) is 116 cm³/mol. The summed E-state index contributed by atoms with van der Waals surface area (Å²) in [5.41, 5.74) is 2.28. The quantitative estimate of drug-likeness (QED) is 0.416. The zero-order valence-corrected chi connectivity index (χ0v) is 17.7. The summed E-state index contributed by atoms with van der Waals surface area (Å²) in [5.74, 6) is 0.291. The molecule has 0 amide bonds. The molecule has 30 heavy (non-hydrogen) atoms. The van der Waals surface area contributed by atoms with Gasteiger partial charge in [0.25, 0.3) is 0 Å². The van der Waals surface area contributed by atoms with E-state index in [1.807, 2.05) is 78.5 Å². The maximum Gasteiger partial charge on any atom is 0.352 e. The molecule has 0 aromatic heterocycles. The molecule has 0 atom stereocenters. The number of rotatable bonds is 5. The number of methoxy groups -OCH3 is 1. The van der Waals surface area contributed by atoms with Crippen LogP contribution < -0.4 is 0 Å². The number of hydrogen-bond donors (Lipinski definition) is 0. The number of hydrogen-bond acceptors (Lipinski definition) is 6. The zero-order valence-electron chi connectivity index (χ0n) is 17.0. The maximum absolute atomic E-state index is 12.4. The van der Waals surface area contributed by atoms with E-state index >= 15 is 0 Å². The van der Waals surface area contributed by atoms with Gasteiger partial charge in [0.2, 0.25) is 0 Å². The lowest BCUT2D eigenvalue weighted by molar-refractivity contribution is -0.135. The molecule has 0 unspecified atom stereocenters. The predicted octanol–water partition coefficient (Wildman–Crippen LogP) is 3.96. The number of nitrogens with zero attached hydrogens (tertiary/aromatic N) is 4. The number of nitriles is 1. The highest BCUT2D eigenvalue weighted by Gasteiger charge is 2.28. The molecule has 7 heteroatoms. The smallest absolute Gasteiger partial charge is 0.352 e. The van der Waals surface area contributed by atoms with E-state index in [4.69, 9.17) is 16.3 Å². The molecule has 0 saturated heterocycles. The van der Waals surface area contributed by atoms with E-state index in [0.717, 1.165) is 16.9 Å². The number of esters is 1. The van der Waals surface area contributed by atoms with Crippen LogP contribution in [0.5, 0.6) is 0 Å². The van der Waals surface area contributed by atoms with E-state index in [1.165, 1.54) is 7.11 Å². The second kappa shape index (κ2) is 9.29. The normalized spacial score (nSPS) is 15.0. The van der Waals surface area contributed by atoms with Gasteiger partial charge < -0.3 is 14.5 Å². The van der Waals surface area contributed by atoms with Gasteiger partial charge in [-0.1, -0.05) is 54.1 Å². The Hall–Kier alpha value is -3.56. The van der Waals surface area contributed by atoms with E-state index in [0.29, 0.717) is 17.3 Å². The summed E-state index contributed by atoms with van der Waals surface area (Å²) in [5, 5.41) is 10.3. The molecule has 152 valence electrons. The van der Waals surface area contributed by atoms with Crippen LogP contribution in [0.15, 0.2) is 82.9 Å². The fourth-order valence-electron chi connectivity index (χ4n) is 3.06. The molecule has 1 aliphatic heterocycles. The fourth-order valence-corrected chi connectivity index (χ4v) is 3.18. The van der Waals surface area contributed by atoms with Crippen molar-refractivity contribution in [2.24, 2.45) is 4.99 Å². The minimum atomic E-state index is -0.732. The number of ether oxygens (including phenoxy) is 1. The average Bonchev–Trinajstić information content (AvgIpc) is 2.76. The van der Waals surface area contributed by atoms with Gasteiger partial charge in [-0.05, 0) is 17.7 Å². The Morgan fingerprint density at radius 1 is 1.17 bits per heavy atom. The summed E-state index contributed by atoms with van der Waals surface area (Å²) >= 11 is 6.02. The second-order valence-corrected chi connectivity index (χ2v) is 7.21.